The minimum absolute atomic E-state index is 0.0657. The van der Waals surface area contributed by atoms with Crippen LogP contribution in [0.15, 0.2) is 18.3 Å². The molecular formula is C21H31N3O3. The largest absolute Gasteiger partial charge is 0.481 e. The molecule has 2 N–H and O–H groups in total. The Balaban J connectivity index is 1.61. The highest BCUT2D eigenvalue weighted by Gasteiger charge is 2.16. The molecule has 27 heavy (non-hydrogen) atoms. The fraction of sp³-hybridized carbons (Fsp3) is 0.571. The standard InChI is InChI=1S/C21H31N3O3/c1-16-12-11-15-24-19(17(2)23-20(16)24)21(27)22-14-10-8-6-4-3-5-7-9-13-18(25)26/h11-12,15H,3-10,13-14H2,1-2H3,(H,22,27)(H,25,26). The summed E-state index contributed by atoms with van der Waals surface area (Å²) in [5.41, 5.74) is 3.27. The average Bonchev–Trinajstić information content (AvgIpc) is 2.96. The lowest BCUT2D eigenvalue weighted by atomic mass is 10.1. The molecule has 0 radical (unpaired) electrons. The Kier molecular flexibility index (Phi) is 8.30. The van der Waals surface area contributed by atoms with E-state index in [1.165, 1.54) is 6.42 Å². The first-order valence-electron chi connectivity index (χ1n) is 9.95. The van der Waals surface area contributed by atoms with Crippen molar-refractivity contribution in [1.29, 1.82) is 0 Å². The van der Waals surface area contributed by atoms with Gasteiger partial charge in [-0.1, -0.05) is 44.6 Å². The second-order valence-electron chi connectivity index (χ2n) is 7.16. The Morgan fingerprint density at radius 1 is 1.04 bits per heavy atom. The van der Waals surface area contributed by atoms with Crippen molar-refractivity contribution in [3.63, 3.8) is 0 Å². The summed E-state index contributed by atoms with van der Waals surface area (Å²) in [6.45, 7) is 4.55. The van der Waals surface area contributed by atoms with Gasteiger partial charge in [0.2, 0.25) is 0 Å². The zero-order valence-electron chi connectivity index (χ0n) is 16.5. The van der Waals surface area contributed by atoms with E-state index in [4.69, 9.17) is 5.11 Å². The van der Waals surface area contributed by atoms with Crippen LogP contribution in [0.2, 0.25) is 0 Å². The van der Waals surface area contributed by atoms with Gasteiger partial charge in [0.25, 0.3) is 5.91 Å². The van der Waals surface area contributed by atoms with Gasteiger partial charge in [0.1, 0.15) is 11.3 Å². The maximum Gasteiger partial charge on any atom is 0.303 e. The molecule has 148 valence electrons. The summed E-state index contributed by atoms with van der Waals surface area (Å²) < 4.78 is 1.87. The van der Waals surface area contributed by atoms with Crippen LogP contribution in [-0.4, -0.2) is 32.9 Å². The molecule has 0 aliphatic heterocycles. The number of pyridine rings is 1. The highest BCUT2D eigenvalue weighted by atomic mass is 16.4. The number of aliphatic carboxylic acids is 1. The highest BCUT2D eigenvalue weighted by Crippen LogP contribution is 2.15. The molecule has 0 aliphatic carbocycles. The number of carbonyl (C=O) groups is 2. The number of amides is 1. The molecule has 2 aromatic heterocycles. The van der Waals surface area contributed by atoms with Crippen molar-refractivity contribution in [1.82, 2.24) is 14.7 Å². The predicted molar refractivity (Wildman–Crippen MR) is 106 cm³/mol. The van der Waals surface area contributed by atoms with E-state index in [-0.39, 0.29) is 12.3 Å². The number of carboxylic acids is 1. The molecule has 2 heterocycles. The van der Waals surface area contributed by atoms with E-state index in [1.54, 1.807) is 0 Å². The summed E-state index contributed by atoms with van der Waals surface area (Å²) in [5, 5.41) is 11.6. The molecule has 0 saturated heterocycles. The van der Waals surface area contributed by atoms with E-state index in [9.17, 15) is 9.59 Å². The number of imidazole rings is 1. The Hall–Kier alpha value is -2.37. The number of nitrogens with one attached hydrogen (secondary N) is 1. The summed E-state index contributed by atoms with van der Waals surface area (Å²) in [4.78, 5) is 27.5. The number of nitrogens with zero attached hydrogens (tertiary/aromatic N) is 2. The van der Waals surface area contributed by atoms with Crippen LogP contribution in [0.25, 0.3) is 5.65 Å². The number of hydrogen-bond acceptors (Lipinski definition) is 3. The van der Waals surface area contributed by atoms with Crippen LogP contribution in [0.4, 0.5) is 0 Å². The molecule has 0 spiro atoms. The van der Waals surface area contributed by atoms with Crippen LogP contribution in [0, 0.1) is 13.8 Å². The van der Waals surface area contributed by atoms with Gasteiger partial charge >= 0.3 is 5.97 Å². The summed E-state index contributed by atoms with van der Waals surface area (Å²) >= 11 is 0. The van der Waals surface area contributed by atoms with Gasteiger partial charge in [-0.15, -0.1) is 0 Å². The molecule has 2 rings (SSSR count). The minimum atomic E-state index is -0.702. The molecule has 6 heteroatoms. The fourth-order valence-electron chi connectivity index (χ4n) is 3.34. The molecule has 0 aliphatic rings. The lowest BCUT2D eigenvalue weighted by molar-refractivity contribution is -0.137. The first kappa shape index (κ1) is 20.9. The monoisotopic (exact) mass is 373 g/mol. The van der Waals surface area contributed by atoms with Crippen molar-refractivity contribution in [3.8, 4) is 0 Å². The second kappa shape index (κ2) is 10.7. The predicted octanol–water partition coefficient (Wildman–Crippen LogP) is 4.28. The van der Waals surface area contributed by atoms with E-state index in [1.807, 2.05) is 36.6 Å². The zero-order chi connectivity index (χ0) is 19.6. The van der Waals surface area contributed by atoms with E-state index in [0.29, 0.717) is 12.2 Å². The molecule has 0 atom stereocenters. The summed E-state index contributed by atoms with van der Waals surface area (Å²) in [7, 11) is 0. The fourth-order valence-corrected chi connectivity index (χ4v) is 3.34. The van der Waals surface area contributed by atoms with E-state index >= 15 is 0 Å². The van der Waals surface area contributed by atoms with Crippen LogP contribution in [0.5, 0.6) is 0 Å². The quantitative estimate of drug-likeness (QED) is 0.544. The average molecular weight is 373 g/mol. The van der Waals surface area contributed by atoms with E-state index < -0.39 is 5.97 Å². The third-order valence-corrected chi connectivity index (χ3v) is 4.84. The van der Waals surface area contributed by atoms with Crippen LogP contribution >= 0.6 is 0 Å². The lowest BCUT2D eigenvalue weighted by Gasteiger charge is -2.07. The Labute approximate surface area is 161 Å². The number of carboxylic acid groups (broad SMARTS) is 1. The van der Waals surface area contributed by atoms with Gasteiger partial charge in [-0.3, -0.25) is 14.0 Å². The number of aryl methyl sites for hydroxylation is 2. The topological polar surface area (TPSA) is 83.7 Å². The lowest BCUT2D eigenvalue weighted by Crippen LogP contribution is -2.26. The van der Waals surface area contributed by atoms with Gasteiger partial charge in [-0.25, -0.2) is 4.98 Å². The van der Waals surface area contributed by atoms with Crippen LogP contribution < -0.4 is 5.32 Å². The van der Waals surface area contributed by atoms with Crippen LogP contribution in [-0.2, 0) is 4.79 Å². The highest BCUT2D eigenvalue weighted by molar-refractivity contribution is 5.94. The molecule has 1 amide bonds. The zero-order valence-corrected chi connectivity index (χ0v) is 16.5. The molecule has 0 fully saturated rings. The molecule has 0 saturated carbocycles. The Bertz CT molecular complexity index is 767. The third kappa shape index (κ3) is 6.38. The van der Waals surface area contributed by atoms with Crippen LogP contribution in [0.3, 0.4) is 0 Å². The molecule has 2 aromatic rings. The summed E-state index contributed by atoms with van der Waals surface area (Å²) in [6, 6.07) is 3.93. The number of unbranched alkanes of at least 4 members (excludes halogenated alkanes) is 7. The molecule has 0 unspecified atom stereocenters. The number of aromatic nitrogens is 2. The Morgan fingerprint density at radius 2 is 1.67 bits per heavy atom. The summed E-state index contributed by atoms with van der Waals surface area (Å²) in [5.74, 6) is -0.768. The van der Waals surface area contributed by atoms with Gasteiger partial charge in [-0.05, 0) is 38.3 Å². The summed E-state index contributed by atoms with van der Waals surface area (Å²) in [6.07, 6.45) is 10.6. The SMILES string of the molecule is Cc1nc2c(C)cccn2c1C(=O)NCCCCCCCCCCC(=O)O. The number of rotatable bonds is 12. The van der Waals surface area contributed by atoms with E-state index in [2.05, 4.69) is 10.3 Å². The maximum absolute atomic E-state index is 12.5. The second-order valence-corrected chi connectivity index (χ2v) is 7.16. The van der Waals surface area contributed by atoms with Crippen molar-refractivity contribution >= 4 is 17.5 Å². The molecule has 0 bridgehead atoms. The van der Waals surface area contributed by atoms with Gasteiger partial charge in [0.15, 0.2) is 0 Å². The smallest absolute Gasteiger partial charge is 0.303 e. The van der Waals surface area contributed by atoms with Gasteiger partial charge in [-0.2, -0.15) is 0 Å². The minimum Gasteiger partial charge on any atom is -0.481 e. The van der Waals surface area contributed by atoms with E-state index in [0.717, 1.165) is 61.9 Å². The number of hydrogen-bond donors (Lipinski definition) is 2. The molecular weight excluding hydrogens is 342 g/mol. The van der Waals surface area contributed by atoms with Crippen molar-refractivity contribution in [2.24, 2.45) is 0 Å². The van der Waals surface area contributed by atoms with Gasteiger partial charge < -0.3 is 10.4 Å². The normalized spacial score (nSPS) is 11.0. The first-order chi connectivity index (χ1) is 13.0. The van der Waals surface area contributed by atoms with Crippen molar-refractivity contribution in [3.05, 3.63) is 35.3 Å². The van der Waals surface area contributed by atoms with Crippen LogP contribution in [0.1, 0.15) is 79.5 Å². The third-order valence-electron chi connectivity index (χ3n) is 4.84. The first-order valence-corrected chi connectivity index (χ1v) is 9.95. The van der Waals surface area contributed by atoms with Gasteiger partial charge in [0.05, 0.1) is 5.69 Å². The maximum atomic E-state index is 12.5. The van der Waals surface area contributed by atoms with Crippen molar-refractivity contribution in [2.45, 2.75) is 71.6 Å². The Morgan fingerprint density at radius 3 is 2.33 bits per heavy atom. The number of fused-ring (bicyclic) bond motifs is 1. The van der Waals surface area contributed by atoms with Gasteiger partial charge in [0, 0.05) is 19.2 Å². The van der Waals surface area contributed by atoms with Crippen molar-refractivity contribution in [2.75, 3.05) is 6.54 Å². The molecule has 6 nitrogen and oxygen atoms in total. The van der Waals surface area contributed by atoms with Crippen molar-refractivity contribution < 1.29 is 14.7 Å². The number of carbonyl (C=O) groups excluding carboxylic acids is 1. The molecule has 0 aromatic carbocycles.